The zero-order valence-electron chi connectivity index (χ0n) is 20.7. The highest BCUT2D eigenvalue weighted by molar-refractivity contribution is 6.31. The third-order valence-corrected chi connectivity index (χ3v) is 7.47. The van der Waals surface area contributed by atoms with Crippen molar-refractivity contribution in [2.24, 2.45) is 5.92 Å². The molecule has 1 saturated carbocycles. The number of halogens is 2. The number of nitrogens with zero attached hydrogens (tertiary/aromatic N) is 5. The van der Waals surface area contributed by atoms with Crippen LogP contribution in [0.15, 0.2) is 42.6 Å². The summed E-state index contributed by atoms with van der Waals surface area (Å²) in [6.07, 6.45) is 1.54. The average Bonchev–Trinajstić information content (AvgIpc) is 3.28. The van der Waals surface area contributed by atoms with Gasteiger partial charge in [-0.3, -0.25) is 9.59 Å². The van der Waals surface area contributed by atoms with Gasteiger partial charge in [0.1, 0.15) is 12.4 Å². The van der Waals surface area contributed by atoms with E-state index in [1.807, 2.05) is 24.3 Å². The Kier molecular flexibility index (Phi) is 6.26. The predicted octanol–water partition coefficient (Wildman–Crippen LogP) is 3.69. The summed E-state index contributed by atoms with van der Waals surface area (Å²) < 4.78 is 22.0. The first-order valence-corrected chi connectivity index (χ1v) is 12.7. The van der Waals surface area contributed by atoms with Crippen LogP contribution in [0.3, 0.4) is 0 Å². The Hall–Kier alpha value is -4.32. The summed E-state index contributed by atoms with van der Waals surface area (Å²) in [6, 6.07) is 10.2. The number of para-hydroxylation sites is 1. The van der Waals surface area contributed by atoms with Crippen LogP contribution in [0.1, 0.15) is 35.7 Å². The van der Waals surface area contributed by atoms with Gasteiger partial charge in [0.25, 0.3) is 0 Å². The molecule has 3 atom stereocenters. The molecule has 2 aromatic heterocycles. The van der Waals surface area contributed by atoms with Crippen molar-refractivity contribution in [1.82, 2.24) is 35.4 Å². The van der Waals surface area contributed by atoms with E-state index in [9.17, 15) is 18.8 Å². The monoisotopic (exact) mass is 551 g/mol. The van der Waals surface area contributed by atoms with Crippen molar-refractivity contribution in [3.05, 3.63) is 64.6 Å². The molecule has 1 aliphatic carbocycles. The summed E-state index contributed by atoms with van der Waals surface area (Å²) >= 11 is 6.02. The molecule has 3 heterocycles. The second-order valence-corrected chi connectivity index (χ2v) is 10.1. The van der Waals surface area contributed by atoms with Gasteiger partial charge in [-0.15, -0.1) is 10.2 Å². The maximum Gasteiger partial charge on any atom is 0.409 e. The highest BCUT2D eigenvalue weighted by Crippen LogP contribution is 2.48. The van der Waals surface area contributed by atoms with E-state index in [0.717, 1.165) is 17.3 Å². The lowest BCUT2D eigenvalue weighted by atomic mass is 10.1. The van der Waals surface area contributed by atoms with E-state index in [2.05, 4.69) is 25.9 Å². The summed E-state index contributed by atoms with van der Waals surface area (Å²) in [7, 11) is 0. The molecule has 0 unspecified atom stereocenters. The molecular weight excluding hydrogens is 529 g/mol. The Balaban J connectivity index is 1.13. The minimum absolute atomic E-state index is 0.00504. The Morgan fingerprint density at radius 1 is 1.23 bits per heavy atom. The second kappa shape index (κ2) is 9.77. The molecule has 0 bridgehead atoms. The van der Waals surface area contributed by atoms with Crippen molar-refractivity contribution in [3.8, 4) is 11.4 Å². The van der Waals surface area contributed by atoms with Crippen molar-refractivity contribution in [2.75, 3.05) is 0 Å². The van der Waals surface area contributed by atoms with Gasteiger partial charge in [0, 0.05) is 52.8 Å². The zero-order chi connectivity index (χ0) is 27.3. The number of piperidine rings is 1. The number of hydrogen-bond acceptors (Lipinski definition) is 7. The number of aromatic nitrogens is 5. The molecule has 11 nitrogen and oxygen atoms in total. The number of carbonyl (C=O) groups excluding carboxylic acids is 3. The number of aromatic amines is 1. The van der Waals surface area contributed by atoms with Gasteiger partial charge in [-0.05, 0) is 42.7 Å². The van der Waals surface area contributed by atoms with Gasteiger partial charge < -0.3 is 19.5 Å². The third kappa shape index (κ3) is 4.71. The zero-order valence-corrected chi connectivity index (χ0v) is 21.5. The molecule has 13 heteroatoms. The van der Waals surface area contributed by atoms with E-state index >= 15 is 0 Å². The lowest BCUT2D eigenvalue weighted by molar-refractivity contribution is -0.140. The molecule has 1 saturated heterocycles. The van der Waals surface area contributed by atoms with E-state index < -0.39 is 18.1 Å². The fourth-order valence-corrected chi connectivity index (χ4v) is 5.51. The number of rotatable bonds is 7. The second-order valence-electron chi connectivity index (χ2n) is 9.72. The lowest BCUT2D eigenvalue weighted by Crippen LogP contribution is -2.44. The molecule has 39 heavy (non-hydrogen) atoms. The summed E-state index contributed by atoms with van der Waals surface area (Å²) in [5, 5.41) is 16.7. The Morgan fingerprint density at radius 3 is 2.82 bits per heavy atom. The van der Waals surface area contributed by atoms with Crippen molar-refractivity contribution < 1.29 is 23.5 Å². The molecule has 2 N–H and O–H groups in total. The highest BCUT2D eigenvalue weighted by Gasteiger charge is 2.55. The van der Waals surface area contributed by atoms with Crippen molar-refractivity contribution >= 4 is 40.3 Å². The van der Waals surface area contributed by atoms with Crippen molar-refractivity contribution in [3.63, 3.8) is 0 Å². The number of amides is 2. The van der Waals surface area contributed by atoms with E-state index in [-0.39, 0.29) is 53.2 Å². The van der Waals surface area contributed by atoms with E-state index in [4.69, 9.17) is 16.3 Å². The third-order valence-electron chi connectivity index (χ3n) is 7.19. The molecule has 0 spiro atoms. The number of benzene rings is 2. The molecule has 2 amide bonds. The summed E-state index contributed by atoms with van der Waals surface area (Å²) in [5.74, 6) is -0.486. The molecule has 1 aliphatic heterocycles. The Bertz CT molecular complexity index is 1610. The Morgan fingerprint density at radius 2 is 2.05 bits per heavy atom. The van der Waals surface area contributed by atoms with Crippen LogP contribution in [-0.2, 0) is 22.6 Å². The van der Waals surface area contributed by atoms with E-state index in [1.165, 1.54) is 19.1 Å². The topological polar surface area (TPSA) is 135 Å². The van der Waals surface area contributed by atoms with E-state index in [0.29, 0.717) is 17.5 Å². The van der Waals surface area contributed by atoms with E-state index in [1.54, 1.807) is 15.7 Å². The molecule has 4 aromatic rings. The first kappa shape index (κ1) is 25.0. The van der Waals surface area contributed by atoms with Crippen molar-refractivity contribution in [1.29, 1.82) is 0 Å². The predicted molar refractivity (Wildman–Crippen MR) is 137 cm³/mol. The number of ketones is 1. The maximum atomic E-state index is 14.6. The lowest BCUT2D eigenvalue weighted by Gasteiger charge is -2.27. The molecule has 0 radical (unpaired) electrons. The number of hydrogen-bond donors (Lipinski definition) is 2. The Labute approximate surface area is 226 Å². The molecule has 2 aromatic carbocycles. The molecular formula is C26H23ClFN7O4. The van der Waals surface area contributed by atoms with Gasteiger partial charge in [-0.25, -0.2) is 9.18 Å². The van der Waals surface area contributed by atoms with Gasteiger partial charge in [-0.1, -0.05) is 29.8 Å². The molecule has 6 rings (SSSR count). The smallest absolute Gasteiger partial charge is 0.409 e. The standard InChI is InChI=1S/C26H23ClFN7O4/c1-13(36)18-11-34(20-5-3-2-4-17(18)20)12-22(37)35-21-8-14(21)9-23(35)39-26(38)29-10-16-6-15(7-19(27)24(16)28)25-30-32-33-31-25/h2-7,11,14,21,23H,8-10,12H2,1H3,(H,29,38)(H,30,31,32,33)/t14-,21-,23+/m1/s1. The molecule has 200 valence electrons. The van der Waals surface area contributed by atoms with Crippen LogP contribution in [0.25, 0.3) is 22.3 Å². The van der Waals surface area contributed by atoms with Gasteiger partial charge in [-0.2, -0.15) is 5.21 Å². The summed E-state index contributed by atoms with van der Waals surface area (Å²) in [5.41, 5.74) is 1.87. The van der Waals surface area contributed by atoms with Gasteiger partial charge in [0.05, 0.1) is 5.02 Å². The fraction of sp³-hybridized carbons (Fsp3) is 0.308. The largest absolute Gasteiger partial charge is 0.425 e. The summed E-state index contributed by atoms with van der Waals surface area (Å²) in [4.78, 5) is 39.8. The van der Waals surface area contributed by atoms with Gasteiger partial charge >= 0.3 is 6.09 Å². The molecule has 2 aliphatic rings. The van der Waals surface area contributed by atoms with Gasteiger partial charge in [0.2, 0.25) is 11.7 Å². The van der Waals surface area contributed by atoms with Crippen LogP contribution in [0, 0.1) is 11.7 Å². The van der Waals surface area contributed by atoms with Crippen LogP contribution in [-0.4, -0.2) is 60.1 Å². The van der Waals surface area contributed by atoms with Crippen LogP contribution >= 0.6 is 11.6 Å². The number of Topliss-reactive ketones (excluding diaryl/α,β-unsaturated/α-hetero) is 1. The fourth-order valence-electron chi connectivity index (χ4n) is 5.27. The first-order chi connectivity index (χ1) is 18.8. The average molecular weight is 552 g/mol. The number of alkyl carbamates (subject to hydrolysis) is 1. The van der Waals surface area contributed by atoms with Crippen LogP contribution < -0.4 is 5.32 Å². The number of carbonyl (C=O) groups is 3. The van der Waals surface area contributed by atoms with Crippen molar-refractivity contribution in [2.45, 2.75) is 45.1 Å². The maximum absolute atomic E-state index is 14.6. The number of fused-ring (bicyclic) bond motifs is 2. The van der Waals surface area contributed by atoms with Crippen LogP contribution in [0.5, 0.6) is 0 Å². The minimum atomic E-state index is -0.787. The van der Waals surface area contributed by atoms with Crippen LogP contribution in [0.4, 0.5) is 9.18 Å². The number of ether oxygens (including phenoxy) is 1. The minimum Gasteiger partial charge on any atom is -0.425 e. The van der Waals surface area contributed by atoms with Gasteiger partial charge in [0.15, 0.2) is 12.0 Å². The summed E-state index contributed by atoms with van der Waals surface area (Å²) in [6.45, 7) is 1.30. The molecule has 2 fully saturated rings. The van der Waals surface area contributed by atoms with Crippen LogP contribution in [0.2, 0.25) is 5.02 Å². The first-order valence-electron chi connectivity index (χ1n) is 12.4. The number of tetrazole rings is 1. The SMILES string of the molecule is CC(=O)c1cn(CC(=O)N2[C@@H](OC(=O)NCc3cc(-c4nn[nH]n4)cc(Cl)c3F)C[C@H]3C[C@H]32)c2ccccc12. The number of likely N-dealkylation sites (tertiary alicyclic amines) is 1. The quantitative estimate of drug-likeness (QED) is 0.334. The normalized spacial score (nSPS) is 19.7. The number of nitrogens with one attached hydrogen (secondary N) is 2. The highest BCUT2D eigenvalue weighted by atomic mass is 35.5. The number of H-pyrrole nitrogens is 1.